The molecule has 0 radical (unpaired) electrons. The van der Waals surface area contributed by atoms with Gasteiger partial charge in [-0.3, -0.25) is 19.7 Å². The van der Waals surface area contributed by atoms with E-state index in [0.717, 1.165) is 0 Å². The van der Waals surface area contributed by atoms with Crippen LogP contribution < -0.4 is 10.2 Å². The third kappa shape index (κ3) is 4.75. The number of anilines is 2. The Balaban J connectivity index is 1.67. The van der Waals surface area contributed by atoms with Crippen LogP contribution in [0, 0.1) is 10.1 Å². The van der Waals surface area contributed by atoms with Gasteiger partial charge in [0.15, 0.2) is 6.61 Å². The number of nitro groups is 1. The molecule has 1 heterocycles. The molecule has 0 saturated heterocycles. The van der Waals surface area contributed by atoms with E-state index in [-0.39, 0.29) is 17.2 Å². The molecule has 0 atom stereocenters. The third-order valence-corrected chi connectivity index (χ3v) is 4.44. The number of nitrogens with zero attached hydrogens (tertiary/aromatic N) is 2. The van der Waals surface area contributed by atoms with E-state index in [1.165, 1.54) is 36.1 Å². The highest BCUT2D eigenvalue weighted by Crippen LogP contribution is 2.30. The van der Waals surface area contributed by atoms with Gasteiger partial charge in [0.1, 0.15) is 0 Å². The van der Waals surface area contributed by atoms with Crippen molar-refractivity contribution >= 4 is 34.8 Å². The summed E-state index contributed by atoms with van der Waals surface area (Å²) in [5.41, 5.74) is 1.94. The molecule has 0 aliphatic carbocycles. The van der Waals surface area contributed by atoms with Crippen LogP contribution >= 0.6 is 0 Å². The molecule has 2 aromatic carbocycles. The Kier molecular flexibility index (Phi) is 5.87. The van der Waals surface area contributed by atoms with E-state index in [0.29, 0.717) is 36.3 Å². The SMILES string of the molecule is CC(=O)Nc1cccc(C(=O)OCC(=O)N2CCCc3cc([N+](=O)[O-])ccc32)c1. The van der Waals surface area contributed by atoms with Crippen LogP contribution in [-0.4, -0.2) is 35.9 Å². The molecule has 1 aliphatic heterocycles. The number of nitrogens with one attached hydrogen (secondary N) is 1. The van der Waals surface area contributed by atoms with Crippen molar-refractivity contribution in [3.05, 3.63) is 63.7 Å². The molecule has 150 valence electrons. The van der Waals surface area contributed by atoms with E-state index in [9.17, 15) is 24.5 Å². The van der Waals surface area contributed by atoms with Crippen molar-refractivity contribution in [2.45, 2.75) is 19.8 Å². The van der Waals surface area contributed by atoms with Crippen LogP contribution in [0.25, 0.3) is 0 Å². The van der Waals surface area contributed by atoms with Crippen molar-refractivity contribution in [2.24, 2.45) is 0 Å². The van der Waals surface area contributed by atoms with Gasteiger partial charge in [0, 0.05) is 37.0 Å². The molecular formula is C20H19N3O6. The summed E-state index contributed by atoms with van der Waals surface area (Å²) < 4.78 is 5.13. The average molecular weight is 397 g/mol. The Morgan fingerprint density at radius 3 is 2.72 bits per heavy atom. The van der Waals surface area contributed by atoms with E-state index >= 15 is 0 Å². The van der Waals surface area contributed by atoms with Crippen molar-refractivity contribution in [3.8, 4) is 0 Å². The van der Waals surface area contributed by atoms with E-state index in [2.05, 4.69) is 5.32 Å². The van der Waals surface area contributed by atoms with Gasteiger partial charge >= 0.3 is 5.97 Å². The van der Waals surface area contributed by atoms with Crippen molar-refractivity contribution < 1.29 is 24.0 Å². The lowest BCUT2D eigenvalue weighted by atomic mass is 10.0. The standard InChI is InChI=1S/C20H19N3O6/c1-13(24)21-16-6-2-4-15(10-16)20(26)29-12-19(25)22-9-3-5-14-11-17(23(27)28)7-8-18(14)22/h2,4,6-8,10-11H,3,5,9,12H2,1H3,(H,21,24). The number of benzene rings is 2. The van der Waals surface area contributed by atoms with Gasteiger partial charge in [-0.1, -0.05) is 6.07 Å². The maximum Gasteiger partial charge on any atom is 0.338 e. The zero-order chi connectivity index (χ0) is 21.0. The minimum atomic E-state index is -0.688. The molecule has 29 heavy (non-hydrogen) atoms. The largest absolute Gasteiger partial charge is 0.452 e. The summed E-state index contributed by atoms with van der Waals surface area (Å²) in [6.07, 6.45) is 1.29. The number of non-ortho nitro benzene ring substituents is 1. The first-order chi connectivity index (χ1) is 13.8. The number of rotatable bonds is 5. The van der Waals surface area contributed by atoms with Crippen LogP contribution in [0.5, 0.6) is 0 Å². The Bertz CT molecular complexity index is 988. The molecule has 0 fully saturated rings. The van der Waals surface area contributed by atoms with Crippen molar-refractivity contribution in [3.63, 3.8) is 0 Å². The number of aryl methyl sites for hydroxylation is 1. The van der Waals surface area contributed by atoms with Gasteiger partial charge in [-0.25, -0.2) is 4.79 Å². The molecular weight excluding hydrogens is 378 g/mol. The van der Waals surface area contributed by atoms with E-state index in [1.54, 1.807) is 18.2 Å². The summed E-state index contributed by atoms with van der Waals surface area (Å²) in [5.74, 6) is -1.37. The molecule has 9 nitrogen and oxygen atoms in total. The quantitative estimate of drug-likeness (QED) is 0.471. The van der Waals surface area contributed by atoms with Crippen LogP contribution in [0.1, 0.15) is 29.3 Å². The van der Waals surface area contributed by atoms with Gasteiger partial charge in [0.2, 0.25) is 5.91 Å². The molecule has 1 aliphatic rings. The van der Waals surface area contributed by atoms with Crippen molar-refractivity contribution in [2.75, 3.05) is 23.4 Å². The first-order valence-electron chi connectivity index (χ1n) is 8.97. The van der Waals surface area contributed by atoms with Gasteiger partial charge in [-0.2, -0.15) is 0 Å². The molecule has 2 aromatic rings. The highest BCUT2D eigenvalue weighted by Gasteiger charge is 2.25. The summed E-state index contributed by atoms with van der Waals surface area (Å²) in [6.45, 7) is 1.34. The van der Waals surface area contributed by atoms with E-state index in [4.69, 9.17) is 4.74 Å². The Labute approximate surface area is 166 Å². The lowest BCUT2D eigenvalue weighted by Gasteiger charge is -2.29. The number of fused-ring (bicyclic) bond motifs is 1. The number of esters is 1. The van der Waals surface area contributed by atoms with Crippen LogP contribution in [0.15, 0.2) is 42.5 Å². The molecule has 0 spiro atoms. The van der Waals surface area contributed by atoms with E-state index in [1.807, 2.05) is 0 Å². The van der Waals surface area contributed by atoms with Crippen LogP contribution in [0.3, 0.4) is 0 Å². The maximum absolute atomic E-state index is 12.6. The smallest absolute Gasteiger partial charge is 0.338 e. The number of carbonyl (C=O) groups excluding carboxylic acids is 3. The average Bonchev–Trinajstić information content (AvgIpc) is 2.70. The lowest BCUT2D eigenvalue weighted by molar-refractivity contribution is -0.384. The minimum absolute atomic E-state index is 0.0245. The van der Waals surface area contributed by atoms with Gasteiger partial charge in [-0.05, 0) is 42.7 Å². The zero-order valence-corrected chi connectivity index (χ0v) is 15.7. The van der Waals surface area contributed by atoms with E-state index < -0.39 is 23.4 Å². The first-order valence-corrected chi connectivity index (χ1v) is 8.97. The van der Waals surface area contributed by atoms with Crippen molar-refractivity contribution in [1.82, 2.24) is 0 Å². The van der Waals surface area contributed by atoms with Gasteiger partial charge in [0.25, 0.3) is 11.6 Å². The second kappa shape index (κ2) is 8.51. The summed E-state index contributed by atoms with van der Waals surface area (Å²) in [6, 6.07) is 10.6. The number of hydrogen-bond acceptors (Lipinski definition) is 6. The van der Waals surface area contributed by atoms with Crippen molar-refractivity contribution in [1.29, 1.82) is 0 Å². The molecule has 0 unspecified atom stereocenters. The number of carbonyl (C=O) groups is 3. The van der Waals surface area contributed by atoms with Gasteiger partial charge in [-0.15, -0.1) is 0 Å². The molecule has 0 aromatic heterocycles. The predicted octanol–water partition coefficient (Wildman–Crippen LogP) is 2.69. The normalized spacial score (nSPS) is 12.7. The summed E-state index contributed by atoms with van der Waals surface area (Å²) in [7, 11) is 0. The molecule has 3 rings (SSSR count). The van der Waals surface area contributed by atoms with Crippen LogP contribution in [-0.2, 0) is 20.7 Å². The van der Waals surface area contributed by atoms with Crippen LogP contribution in [0.2, 0.25) is 0 Å². The highest BCUT2D eigenvalue weighted by molar-refractivity contribution is 5.98. The molecule has 0 bridgehead atoms. The number of ether oxygens (including phenoxy) is 1. The lowest BCUT2D eigenvalue weighted by Crippen LogP contribution is -2.38. The fourth-order valence-electron chi connectivity index (χ4n) is 3.17. The second-order valence-corrected chi connectivity index (χ2v) is 6.56. The van der Waals surface area contributed by atoms with Crippen LogP contribution in [0.4, 0.5) is 17.1 Å². The fraction of sp³-hybridized carbons (Fsp3) is 0.250. The minimum Gasteiger partial charge on any atom is -0.452 e. The third-order valence-electron chi connectivity index (χ3n) is 4.44. The van der Waals surface area contributed by atoms with Gasteiger partial charge in [0.05, 0.1) is 10.5 Å². The summed E-state index contributed by atoms with van der Waals surface area (Å²) in [5, 5.41) is 13.5. The Morgan fingerprint density at radius 2 is 2.00 bits per heavy atom. The topological polar surface area (TPSA) is 119 Å². The number of nitro benzene ring substituents is 1. The molecule has 2 amide bonds. The highest BCUT2D eigenvalue weighted by atomic mass is 16.6. The zero-order valence-electron chi connectivity index (χ0n) is 15.7. The molecule has 1 N–H and O–H groups in total. The summed E-state index contributed by atoms with van der Waals surface area (Å²) >= 11 is 0. The second-order valence-electron chi connectivity index (χ2n) is 6.56. The molecule has 0 saturated carbocycles. The Morgan fingerprint density at radius 1 is 1.21 bits per heavy atom. The van der Waals surface area contributed by atoms with Gasteiger partial charge < -0.3 is 15.0 Å². The fourth-order valence-corrected chi connectivity index (χ4v) is 3.17. The monoisotopic (exact) mass is 397 g/mol. The predicted molar refractivity (Wildman–Crippen MR) is 105 cm³/mol. The number of amides is 2. The summed E-state index contributed by atoms with van der Waals surface area (Å²) in [4.78, 5) is 47.9. The first kappa shape index (κ1) is 20.0. The molecule has 9 heteroatoms. The number of hydrogen-bond donors (Lipinski definition) is 1. The Hall–Kier alpha value is -3.75. The maximum atomic E-state index is 12.6.